The summed E-state index contributed by atoms with van der Waals surface area (Å²) in [5.74, 6) is 0.388. The summed E-state index contributed by atoms with van der Waals surface area (Å²) in [6.07, 6.45) is 2.19. The SMILES string of the molecule is CCCNc1ncc(F)c(N(C)Cc2cccs2)n1. The first-order valence-corrected chi connectivity index (χ1v) is 7.08. The van der Waals surface area contributed by atoms with Crippen molar-refractivity contribution in [2.75, 3.05) is 23.8 Å². The lowest BCUT2D eigenvalue weighted by atomic mass is 10.4. The summed E-state index contributed by atoms with van der Waals surface area (Å²) >= 11 is 1.65. The summed E-state index contributed by atoms with van der Waals surface area (Å²) in [6, 6.07) is 4.01. The van der Waals surface area contributed by atoms with Gasteiger partial charge in [0.1, 0.15) is 0 Å². The average Bonchev–Trinajstić information content (AvgIpc) is 2.90. The number of aromatic nitrogens is 2. The molecule has 6 heteroatoms. The Hall–Kier alpha value is -1.69. The molecule has 0 atom stereocenters. The molecule has 0 fully saturated rings. The van der Waals surface area contributed by atoms with Crippen molar-refractivity contribution in [3.63, 3.8) is 0 Å². The average molecular weight is 280 g/mol. The van der Waals surface area contributed by atoms with E-state index in [-0.39, 0.29) is 0 Å². The van der Waals surface area contributed by atoms with E-state index >= 15 is 0 Å². The van der Waals surface area contributed by atoms with Crippen LogP contribution in [0.5, 0.6) is 0 Å². The second-order valence-electron chi connectivity index (χ2n) is 4.23. The Bertz CT molecular complexity index is 515. The second kappa shape index (κ2) is 6.47. The molecule has 0 saturated carbocycles. The van der Waals surface area contributed by atoms with Crippen molar-refractivity contribution in [2.24, 2.45) is 0 Å². The van der Waals surface area contributed by atoms with E-state index in [0.29, 0.717) is 18.3 Å². The van der Waals surface area contributed by atoms with E-state index < -0.39 is 5.82 Å². The lowest BCUT2D eigenvalue weighted by Crippen LogP contribution is -2.19. The standard InChI is InChI=1S/C13H17FN4S/c1-3-6-15-13-16-8-11(14)12(17-13)18(2)9-10-5-4-7-19-10/h4-5,7-8H,3,6,9H2,1-2H3,(H,15,16,17). The summed E-state index contributed by atoms with van der Waals surface area (Å²) in [5, 5.41) is 5.07. The van der Waals surface area contributed by atoms with Gasteiger partial charge in [-0.1, -0.05) is 13.0 Å². The minimum absolute atomic E-state index is 0.321. The molecule has 2 aromatic heterocycles. The molecule has 19 heavy (non-hydrogen) atoms. The number of halogens is 1. The first-order valence-electron chi connectivity index (χ1n) is 6.20. The van der Waals surface area contributed by atoms with Crippen LogP contribution in [0.1, 0.15) is 18.2 Å². The topological polar surface area (TPSA) is 41.1 Å². The highest BCUT2D eigenvalue weighted by Crippen LogP contribution is 2.19. The predicted molar refractivity (Wildman–Crippen MR) is 77.2 cm³/mol. The molecule has 2 heterocycles. The third kappa shape index (κ3) is 3.64. The number of nitrogens with zero attached hydrogens (tertiary/aromatic N) is 3. The predicted octanol–water partition coefficient (Wildman–Crippen LogP) is 3.14. The lowest BCUT2D eigenvalue weighted by molar-refractivity contribution is 0.608. The molecule has 0 aromatic carbocycles. The first-order chi connectivity index (χ1) is 9.20. The monoisotopic (exact) mass is 280 g/mol. The molecule has 2 rings (SSSR count). The Labute approximate surface area is 116 Å². The van der Waals surface area contributed by atoms with Gasteiger partial charge in [-0.2, -0.15) is 4.98 Å². The van der Waals surface area contributed by atoms with Gasteiger partial charge in [-0.15, -0.1) is 11.3 Å². The van der Waals surface area contributed by atoms with E-state index in [1.807, 2.05) is 24.6 Å². The van der Waals surface area contributed by atoms with Gasteiger partial charge < -0.3 is 10.2 Å². The van der Waals surface area contributed by atoms with Crippen molar-refractivity contribution < 1.29 is 4.39 Å². The van der Waals surface area contributed by atoms with Crippen LogP contribution in [0.4, 0.5) is 16.2 Å². The third-order valence-electron chi connectivity index (χ3n) is 2.59. The van der Waals surface area contributed by atoms with Crippen LogP contribution in [0.15, 0.2) is 23.7 Å². The Morgan fingerprint density at radius 2 is 2.32 bits per heavy atom. The summed E-state index contributed by atoms with van der Waals surface area (Å²) in [7, 11) is 1.83. The zero-order valence-electron chi connectivity index (χ0n) is 11.1. The van der Waals surface area contributed by atoms with E-state index in [1.54, 1.807) is 16.2 Å². The maximum absolute atomic E-state index is 13.8. The van der Waals surface area contributed by atoms with Gasteiger partial charge in [0.15, 0.2) is 11.6 Å². The molecule has 0 aliphatic carbocycles. The number of nitrogens with one attached hydrogen (secondary N) is 1. The summed E-state index contributed by atoms with van der Waals surface area (Å²) in [5.41, 5.74) is 0. The fourth-order valence-electron chi connectivity index (χ4n) is 1.66. The van der Waals surface area contributed by atoms with E-state index in [4.69, 9.17) is 0 Å². The smallest absolute Gasteiger partial charge is 0.224 e. The molecule has 1 N–H and O–H groups in total. The Kier molecular flexibility index (Phi) is 4.68. The maximum atomic E-state index is 13.8. The quantitative estimate of drug-likeness (QED) is 0.882. The molecule has 0 amide bonds. The lowest BCUT2D eigenvalue weighted by Gasteiger charge is -2.18. The van der Waals surface area contributed by atoms with Gasteiger partial charge >= 0.3 is 0 Å². The maximum Gasteiger partial charge on any atom is 0.224 e. The fourth-order valence-corrected chi connectivity index (χ4v) is 2.42. The zero-order valence-corrected chi connectivity index (χ0v) is 11.9. The van der Waals surface area contributed by atoms with Crippen LogP contribution in [0.2, 0.25) is 0 Å². The molecule has 0 unspecified atom stereocenters. The van der Waals surface area contributed by atoms with E-state index in [1.165, 1.54) is 11.1 Å². The molecule has 0 aliphatic rings. The molecule has 102 valence electrons. The fraction of sp³-hybridized carbons (Fsp3) is 0.385. The Morgan fingerprint density at radius 3 is 3.00 bits per heavy atom. The number of rotatable bonds is 6. The largest absolute Gasteiger partial charge is 0.354 e. The van der Waals surface area contributed by atoms with Crippen LogP contribution in [0.25, 0.3) is 0 Å². The molecule has 0 saturated heterocycles. The summed E-state index contributed by atoms with van der Waals surface area (Å²) in [4.78, 5) is 11.1. The van der Waals surface area contributed by atoms with Gasteiger partial charge in [0.25, 0.3) is 0 Å². The van der Waals surface area contributed by atoms with Crippen LogP contribution in [0.3, 0.4) is 0 Å². The van der Waals surface area contributed by atoms with E-state index in [2.05, 4.69) is 22.2 Å². The number of hydrogen-bond donors (Lipinski definition) is 1. The molecule has 0 radical (unpaired) electrons. The van der Waals surface area contributed by atoms with Gasteiger partial charge in [-0.05, 0) is 17.9 Å². The summed E-state index contributed by atoms with van der Waals surface area (Å²) in [6.45, 7) is 3.47. The number of thiophene rings is 1. The van der Waals surface area contributed by atoms with Gasteiger partial charge in [0.05, 0.1) is 12.7 Å². The molecule has 0 spiro atoms. The van der Waals surface area contributed by atoms with Gasteiger partial charge in [-0.25, -0.2) is 9.37 Å². The van der Waals surface area contributed by atoms with Gasteiger partial charge in [-0.3, -0.25) is 0 Å². The Morgan fingerprint density at radius 1 is 1.47 bits per heavy atom. The van der Waals surface area contributed by atoms with Crippen molar-refractivity contribution in [1.82, 2.24) is 9.97 Å². The zero-order chi connectivity index (χ0) is 13.7. The molecule has 0 aliphatic heterocycles. The second-order valence-corrected chi connectivity index (χ2v) is 5.26. The minimum atomic E-state index is -0.402. The highest BCUT2D eigenvalue weighted by atomic mass is 32.1. The highest BCUT2D eigenvalue weighted by molar-refractivity contribution is 7.09. The molecule has 4 nitrogen and oxygen atoms in total. The Balaban J connectivity index is 2.13. The molecule has 2 aromatic rings. The van der Waals surface area contributed by atoms with Gasteiger partial charge in [0, 0.05) is 18.5 Å². The first kappa shape index (κ1) is 13.7. The van der Waals surface area contributed by atoms with Crippen molar-refractivity contribution in [3.05, 3.63) is 34.4 Å². The third-order valence-corrected chi connectivity index (χ3v) is 3.45. The van der Waals surface area contributed by atoms with Crippen molar-refractivity contribution in [3.8, 4) is 0 Å². The van der Waals surface area contributed by atoms with Crippen molar-refractivity contribution in [1.29, 1.82) is 0 Å². The summed E-state index contributed by atoms with van der Waals surface area (Å²) < 4.78 is 13.8. The highest BCUT2D eigenvalue weighted by Gasteiger charge is 2.12. The van der Waals surface area contributed by atoms with E-state index in [0.717, 1.165) is 13.0 Å². The number of anilines is 2. The van der Waals surface area contributed by atoms with Gasteiger partial charge in [0.2, 0.25) is 5.95 Å². The van der Waals surface area contributed by atoms with Crippen LogP contribution < -0.4 is 10.2 Å². The molecule has 0 bridgehead atoms. The molecular formula is C13H17FN4S. The van der Waals surface area contributed by atoms with Crippen LogP contribution >= 0.6 is 11.3 Å². The van der Waals surface area contributed by atoms with E-state index in [9.17, 15) is 4.39 Å². The minimum Gasteiger partial charge on any atom is -0.354 e. The normalized spacial score (nSPS) is 10.5. The van der Waals surface area contributed by atoms with Crippen LogP contribution in [0, 0.1) is 5.82 Å². The van der Waals surface area contributed by atoms with Crippen molar-refractivity contribution in [2.45, 2.75) is 19.9 Å². The molecular weight excluding hydrogens is 263 g/mol. The van der Waals surface area contributed by atoms with Crippen molar-refractivity contribution >= 4 is 23.1 Å². The van der Waals surface area contributed by atoms with Crippen LogP contribution in [-0.2, 0) is 6.54 Å². The number of hydrogen-bond acceptors (Lipinski definition) is 5. The van der Waals surface area contributed by atoms with Crippen LogP contribution in [-0.4, -0.2) is 23.6 Å².